The number of amides is 2. The van der Waals surface area contributed by atoms with Crippen molar-refractivity contribution in [2.24, 2.45) is 10.2 Å². The molecule has 0 saturated heterocycles. The van der Waals surface area contributed by atoms with Crippen LogP contribution >= 0.6 is 0 Å². The molecule has 0 saturated carbocycles. The maximum atomic E-state index is 11.9. The first-order valence-corrected chi connectivity index (χ1v) is 8.64. The third kappa shape index (κ3) is 5.22. The molecule has 2 heterocycles. The maximum Gasteiger partial charge on any atom is 0.354 e. The SMILES string of the molecule is O=C1CCC(C(=O)OCc2ccc(COC(=O)C3=NNC(=O)CC3)cc2)=NN1. The molecule has 2 N–H and O–H groups in total. The summed E-state index contributed by atoms with van der Waals surface area (Å²) in [6, 6.07) is 7.00. The third-order valence-electron chi connectivity index (χ3n) is 4.04. The predicted molar refractivity (Wildman–Crippen MR) is 95.7 cm³/mol. The zero-order valence-corrected chi connectivity index (χ0v) is 14.9. The number of hydrogen-bond donors (Lipinski definition) is 2. The molecule has 0 fully saturated rings. The van der Waals surface area contributed by atoms with Crippen molar-refractivity contribution in [1.82, 2.24) is 10.9 Å². The number of carbonyl (C=O) groups excluding carboxylic acids is 4. The van der Waals surface area contributed by atoms with Crippen molar-refractivity contribution in [2.75, 3.05) is 0 Å². The lowest BCUT2D eigenvalue weighted by Gasteiger charge is -2.12. The van der Waals surface area contributed by atoms with Gasteiger partial charge in [0.25, 0.3) is 0 Å². The fourth-order valence-corrected chi connectivity index (χ4v) is 2.44. The number of hydrazone groups is 2. The van der Waals surface area contributed by atoms with E-state index < -0.39 is 11.9 Å². The maximum absolute atomic E-state index is 11.9. The van der Waals surface area contributed by atoms with E-state index >= 15 is 0 Å². The van der Waals surface area contributed by atoms with Crippen molar-refractivity contribution < 1.29 is 28.7 Å². The Hall–Kier alpha value is -3.56. The van der Waals surface area contributed by atoms with E-state index in [9.17, 15) is 19.2 Å². The minimum absolute atomic E-state index is 0.0579. The Kier molecular flexibility index (Phi) is 6.10. The summed E-state index contributed by atoms with van der Waals surface area (Å²) in [5.41, 5.74) is 6.37. The second kappa shape index (κ2) is 8.89. The van der Waals surface area contributed by atoms with Crippen LogP contribution in [0.2, 0.25) is 0 Å². The highest BCUT2D eigenvalue weighted by atomic mass is 16.5. The van der Waals surface area contributed by atoms with Crippen LogP contribution in [-0.2, 0) is 41.9 Å². The van der Waals surface area contributed by atoms with Gasteiger partial charge in [0.15, 0.2) is 0 Å². The molecular formula is C18H18N4O6. The van der Waals surface area contributed by atoms with Gasteiger partial charge in [-0.25, -0.2) is 20.4 Å². The van der Waals surface area contributed by atoms with Crippen LogP contribution in [0.25, 0.3) is 0 Å². The van der Waals surface area contributed by atoms with Gasteiger partial charge in [0, 0.05) is 25.7 Å². The van der Waals surface area contributed by atoms with Crippen molar-refractivity contribution in [3.63, 3.8) is 0 Å². The highest BCUT2D eigenvalue weighted by Crippen LogP contribution is 2.10. The molecule has 0 aromatic heterocycles. The van der Waals surface area contributed by atoms with Crippen LogP contribution in [0.1, 0.15) is 36.8 Å². The first-order chi connectivity index (χ1) is 13.5. The second-order valence-electron chi connectivity index (χ2n) is 6.16. The lowest BCUT2D eigenvalue weighted by molar-refractivity contribution is -0.138. The van der Waals surface area contributed by atoms with Gasteiger partial charge >= 0.3 is 11.9 Å². The summed E-state index contributed by atoms with van der Waals surface area (Å²) in [4.78, 5) is 45.8. The average molecular weight is 386 g/mol. The molecule has 1 aromatic carbocycles. The fourth-order valence-electron chi connectivity index (χ4n) is 2.44. The molecule has 2 aliphatic heterocycles. The molecule has 2 aliphatic rings. The first-order valence-electron chi connectivity index (χ1n) is 8.64. The predicted octanol–water partition coefficient (Wildman–Crippen LogP) is 0.305. The Bertz CT molecular complexity index is 788. The summed E-state index contributed by atoms with van der Waals surface area (Å²) >= 11 is 0. The zero-order valence-electron chi connectivity index (χ0n) is 14.9. The molecule has 28 heavy (non-hydrogen) atoms. The van der Waals surface area contributed by atoms with Crippen molar-refractivity contribution in [2.45, 2.75) is 38.9 Å². The molecule has 3 rings (SSSR count). The Morgan fingerprint density at radius 3 is 1.46 bits per heavy atom. The van der Waals surface area contributed by atoms with Crippen LogP contribution < -0.4 is 10.9 Å². The van der Waals surface area contributed by atoms with Crippen LogP contribution in [0.15, 0.2) is 34.5 Å². The van der Waals surface area contributed by atoms with E-state index in [0.29, 0.717) is 0 Å². The van der Waals surface area contributed by atoms with Crippen molar-refractivity contribution in [1.29, 1.82) is 0 Å². The lowest BCUT2D eigenvalue weighted by atomic mass is 10.1. The molecule has 0 aliphatic carbocycles. The van der Waals surface area contributed by atoms with Crippen LogP contribution in [0, 0.1) is 0 Å². The summed E-state index contributed by atoms with van der Waals surface area (Å²) in [7, 11) is 0. The van der Waals surface area contributed by atoms with Gasteiger partial charge in [0.1, 0.15) is 24.6 Å². The second-order valence-corrected chi connectivity index (χ2v) is 6.16. The molecule has 146 valence electrons. The largest absolute Gasteiger partial charge is 0.456 e. The van der Waals surface area contributed by atoms with E-state index in [-0.39, 0.29) is 62.1 Å². The van der Waals surface area contributed by atoms with Gasteiger partial charge in [-0.1, -0.05) is 24.3 Å². The lowest BCUT2D eigenvalue weighted by Crippen LogP contribution is -2.30. The van der Waals surface area contributed by atoms with E-state index in [4.69, 9.17) is 9.47 Å². The molecule has 10 heteroatoms. The van der Waals surface area contributed by atoms with Crippen molar-refractivity contribution in [3.8, 4) is 0 Å². The van der Waals surface area contributed by atoms with Gasteiger partial charge in [-0.3, -0.25) is 9.59 Å². The summed E-state index contributed by atoms with van der Waals surface area (Å²) < 4.78 is 10.3. The van der Waals surface area contributed by atoms with E-state index in [1.807, 2.05) is 0 Å². The number of rotatable bonds is 6. The smallest absolute Gasteiger partial charge is 0.354 e. The summed E-state index contributed by atoms with van der Waals surface area (Å²) in [6.45, 7) is 0.116. The summed E-state index contributed by atoms with van der Waals surface area (Å²) in [5.74, 6) is -1.60. The van der Waals surface area contributed by atoms with Crippen LogP contribution in [0.4, 0.5) is 0 Å². The summed E-state index contributed by atoms with van der Waals surface area (Å²) in [5, 5.41) is 7.36. The normalized spacial score (nSPS) is 16.3. The number of hydrogen-bond acceptors (Lipinski definition) is 8. The van der Waals surface area contributed by atoms with Crippen LogP contribution in [0.3, 0.4) is 0 Å². The van der Waals surface area contributed by atoms with Gasteiger partial charge in [-0.2, -0.15) is 10.2 Å². The standard InChI is InChI=1S/C18H18N4O6/c23-15-7-5-13(19-21-15)17(25)27-9-11-1-2-12(4-3-11)10-28-18(26)14-6-8-16(24)22-20-14/h1-4H,5-10H2,(H,21,23)(H,22,24). The molecular weight excluding hydrogens is 368 g/mol. The highest BCUT2D eigenvalue weighted by Gasteiger charge is 2.20. The minimum atomic E-state index is -0.571. The third-order valence-corrected chi connectivity index (χ3v) is 4.04. The minimum Gasteiger partial charge on any atom is -0.456 e. The Morgan fingerprint density at radius 1 is 0.750 bits per heavy atom. The van der Waals surface area contributed by atoms with E-state index in [2.05, 4.69) is 21.1 Å². The monoisotopic (exact) mass is 386 g/mol. The number of nitrogens with one attached hydrogen (secondary N) is 2. The number of nitrogens with zero attached hydrogens (tertiary/aromatic N) is 2. The van der Waals surface area contributed by atoms with Gasteiger partial charge < -0.3 is 9.47 Å². The van der Waals surface area contributed by atoms with Crippen molar-refractivity contribution >= 4 is 35.2 Å². The van der Waals surface area contributed by atoms with E-state index in [1.54, 1.807) is 24.3 Å². The van der Waals surface area contributed by atoms with Gasteiger partial charge in [-0.15, -0.1) is 0 Å². The fraction of sp³-hybridized carbons (Fsp3) is 0.333. The molecule has 0 unspecified atom stereocenters. The first kappa shape index (κ1) is 19.2. The van der Waals surface area contributed by atoms with Gasteiger partial charge in [-0.05, 0) is 11.1 Å². The molecule has 0 radical (unpaired) electrons. The van der Waals surface area contributed by atoms with Gasteiger partial charge in [0.2, 0.25) is 11.8 Å². The van der Waals surface area contributed by atoms with Crippen LogP contribution in [-0.4, -0.2) is 35.2 Å². The number of ether oxygens (including phenoxy) is 2. The average Bonchev–Trinajstić information content (AvgIpc) is 2.72. The zero-order chi connectivity index (χ0) is 19.9. The Morgan fingerprint density at radius 2 is 1.14 bits per heavy atom. The molecule has 0 spiro atoms. The van der Waals surface area contributed by atoms with E-state index in [1.165, 1.54) is 0 Å². The molecule has 0 bridgehead atoms. The highest BCUT2D eigenvalue weighted by molar-refractivity contribution is 6.37. The number of esters is 2. The van der Waals surface area contributed by atoms with Crippen molar-refractivity contribution in [3.05, 3.63) is 35.4 Å². The van der Waals surface area contributed by atoms with Crippen LogP contribution in [0.5, 0.6) is 0 Å². The number of benzene rings is 1. The molecule has 2 amide bonds. The molecule has 10 nitrogen and oxygen atoms in total. The van der Waals surface area contributed by atoms with E-state index in [0.717, 1.165) is 11.1 Å². The summed E-state index contributed by atoms with van der Waals surface area (Å²) in [6.07, 6.45) is 0.925. The molecule has 0 atom stereocenters. The Balaban J connectivity index is 1.44. The molecule has 1 aromatic rings. The van der Waals surface area contributed by atoms with Gasteiger partial charge in [0.05, 0.1) is 0 Å². The number of carbonyl (C=O) groups is 4. The quantitative estimate of drug-likeness (QED) is 0.675. The Labute approximate surface area is 160 Å². The topological polar surface area (TPSA) is 136 Å².